The topological polar surface area (TPSA) is 132 Å². The first-order chi connectivity index (χ1) is 25.8. The molecule has 1 aliphatic rings. The summed E-state index contributed by atoms with van der Waals surface area (Å²) in [5.41, 5.74) is 0. The average Bonchev–Trinajstić information content (AvgIpc) is 3.15. The summed E-state index contributed by atoms with van der Waals surface area (Å²) < 4.78 is 22.6. The highest BCUT2D eigenvalue weighted by molar-refractivity contribution is 5.70. The Morgan fingerprint density at radius 1 is 0.566 bits per heavy atom. The van der Waals surface area contributed by atoms with Crippen molar-refractivity contribution in [3.05, 3.63) is 24.3 Å². The van der Waals surface area contributed by atoms with Crippen LogP contribution in [0, 0.1) is 0 Å². The van der Waals surface area contributed by atoms with Crippen molar-refractivity contribution in [3.63, 3.8) is 0 Å². The molecule has 0 aliphatic carbocycles. The van der Waals surface area contributed by atoms with E-state index in [0.717, 1.165) is 57.8 Å². The van der Waals surface area contributed by atoms with Gasteiger partial charge in [0.05, 0.1) is 12.7 Å². The van der Waals surface area contributed by atoms with Crippen LogP contribution in [0.5, 0.6) is 0 Å². The maximum atomic E-state index is 12.8. The van der Waals surface area contributed by atoms with Crippen LogP contribution in [0.1, 0.15) is 194 Å². The Labute approximate surface area is 323 Å². The van der Waals surface area contributed by atoms with Gasteiger partial charge >= 0.3 is 11.9 Å². The van der Waals surface area contributed by atoms with Gasteiger partial charge in [0.25, 0.3) is 0 Å². The van der Waals surface area contributed by atoms with Gasteiger partial charge in [-0.3, -0.25) is 9.59 Å². The van der Waals surface area contributed by atoms with Crippen molar-refractivity contribution in [2.24, 2.45) is 0 Å². The third-order valence-electron chi connectivity index (χ3n) is 10.1. The summed E-state index contributed by atoms with van der Waals surface area (Å²) in [5, 5.41) is 30.9. The Hall–Kier alpha value is -1.78. The van der Waals surface area contributed by atoms with Crippen LogP contribution in [-0.2, 0) is 28.5 Å². The molecule has 3 N–H and O–H groups in total. The normalized spacial score (nSPS) is 21.1. The summed E-state index contributed by atoms with van der Waals surface area (Å²) in [6, 6.07) is 0. The lowest BCUT2D eigenvalue weighted by Crippen LogP contribution is -2.58. The second kappa shape index (κ2) is 34.7. The predicted octanol–water partition coefficient (Wildman–Crippen LogP) is 9.97. The Bertz CT molecular complexity index is 921. The van der Waals surface area contributed by atoms with Gasteiger partial charge in [0, 0.05) is 12.8 Å². The Morgan fingerprint density at radius 2 is 1.04 bits per heavy atom. The quantitative estimate of drug-likeness (QED) is 0.0329. The predicted molar refractivity (Wildman–Crippen MR) is 213 cm³/mol. The lowest BCUT2D eigenvalue weighted by molar-refractivity contribution is -0.301. The fourth-order valence-corrected chi connectivity index (χ4v) is 6.58. The van der Waals surface area contributed by atoms with E-state index in [4.69, 9.17) is 18.9 Å². The summed E-state index contributed by atoms with van der Waals surface area (Å²) in [6.45, 7) is 5.91. The first-order valence-electron chi connectivity index (χ1n) is 21.8. The maximum Gasteiger partial charge on any atom is 0.306 e. The summed E-state index contributed by atoms with van der Waals surface area (Å²) in [6.07, 6.45) is 30.9. The molecule has 1 aliphatic heterocycles. The molecule has 0 aromatic carbocycles. The van der Waals surface area contributed by atoms with Crippen molar-refractivity contribution >= 4 is 11.9 Å². The number of carbonyl (C=O) groups excluding carboxylic acids is 2. The van der Waals surface area contributed by atoms with Crippen molar-refractivity contribution in [1.29, 1.82) is 0 Å². The van der Waals surface area contributed by atoms with E-state index in [2.05, 4.69) is 38.2 Å². The maximum absolute atomic E-state index is 12.8. The fourth-order valence-electron chi connectivity index (χ4n) is 6.58. The molecule has 1 fully saturated rings. The van der Waals surface area contributed by atoms with Crippen LogP contribution in [0.25, 0.3) is 0 Å². The van der Waals surface area contributed by atoms with Crippen molar-refractivity contribution in [1.82, 2.24) is 0 Å². The van der Waals surface area contributed by atoms with E-state index in [0.29, 0.717) is 19.3 Å². The highest BCUT2D eigenvalue weighted by Crippen LogP contribution is 2.24. The molecule has 0 aromatic rings. The van der Waals surface area contributed by atoms with Gasteiger partial charge in [-0.2, -0.15) is 0 Å². The summed E-state index contributed by atoms with van der Waals surface area (Å²) in [7, 11) is 0. The average molecular weight is 753 g/mol. The van der Waals surface area contributed by atoms with Crippen molar-refractivity contribution < 1.29 is 43.9 Å². The van der Waals surface area contributed by atoms with Crippen LogP contribution in [0.15, 0.2) is 24.3 Å². The van der Waals surface area contributed by atoms with Gasteiger partial charge in [-0.15, -0.1) is 0 Å². The molecule has 310 valence electrons. The molecule has 1 saturated heterocycles. The van der Waals surface area contributed by atoms with Gasteiger partial charge in [-0.25, -0.2) is 0 Å². The summed E-state index contributed by atoms with van der Waals surface area (Å²) in [5.74, 6) is -0.745. The Morgan fingerprint density at radius 3 is 1.58 bits per heavy atom. The summed E-state index contributed by atoms with van der Waals surface area (Å²) >= 11 is 0. The number of aliphatic hydroxyl groups is 3. The molecule has 0 spiro atoms. The third-order valence-corrected chi connectivity index (χ3v) is 10.1. The molecular formula is C44H80O9. The standard InChI is InChI=1S/C44H80O9/c1-4-7-9-11-13-15-17-19-20-22-24-26-28-30-32-34-40(46)52-37(36-51-44-43(49)42(48)41(47)38(6-3)53-44)35-50-39(45)33-31-29-27-25-23-21-18-16-14-12-10-8-5-2/h13,15,19-20,37-38,41-44,47-49H,4-12,14,16-18,21-36H2,1-3H3/b15-13-,20-19-. The van der Waals surface area contributed by atoms with E-state index in [1.54, 1.807) is 6.92 Å². The Balaban J connectivity index is 2.36. The minimum atomic E-state index is -1.48. The molecule has 1 rings (SSSR count). The number of hydrogen-bond donors (Lipinski definition) is 3. The van der Waals surface area contributed by atoms with E-state index in [9.17, 15) is 24.9 Å². The molecule has 0 saturated carbocycles. The molecule has 6 atom stereocenters. The van der Waals surface area contributed by atoms with Crippen LogP contribution in [0.4, 0.5) is 0 Å². The number of hydrogen-bond acceptors (Lipinski definition) is 9. The number of unbranched alkanes of at least 4 members (excludes halogenated alkanes) is 20. The zero-order valence-corrected chi connectivity index (χ0v) is 34.1. The highest BCUT2D eigenvalue weighted by Gasteiger charge is 2.43. The molecular weight excluding hydrogens is 672 g/mol. The molecule has 0 radical (unpaired) electrons. The molecule has 0 aromatic heterocycles. The van der Waals surface area contributed by atoms with Crippen molar-refractivity contribution in [3.8, 4) is 0 Å². The lowest BCUT2D eigenvalue weighted by atomic mass is 9.97. The number of rotatable bonds is 35. The largest absolute Gasteiger partial charge is 0.462 e. The zero-order chi connectivity index (χ0) is 38.8. The third kappa shape index (κ3) is 26.6. The van der Waals surface area contributed by atoms with Gasteiger partial charge in [-0.1, -0.05) is 154 Å². The number of aliphatic hydroxyl groups excluding tert-OH is 3. The summed E-state index contributed by atoms with van der Waals surface area (Å²) in [4.78, 5) is 25.3. The van der Waals surface area contributed by atoms with Crippen molar-refractivity contribution in [2.75, 3.05) is 13.2 Å². The van der Waals surface area contributed by atoms with Crippen molar-refractivity contribution in [2.45, 2.75) is 231 Å². The number of ether oxygens (including phenoxy) is 4. The molecule has 0 amide bonds. The number of esters is 2. The molecule has 6 unspecified atom stereocenters. The van der Waals surface area contributed by atoms with Crippen LogP contribution >= 0.6 is 0 Å². The highest BCUT2D eigenvalue weighted by atomic mass is 16.7. The Kier molecular flexibility index (Phi) is 32.2. The molecule has 0 bridgehead atoms. The smallest absolute Gasteiger partial charge is 0.306 e. The van der Waals surface area contributed by atoms with E-state index >= 15 is 0 Å². The van der Waals surface area contributed by atoms with Crippen LogP contribution in [-0.4, -0.2) is 77.3 Å². The molecule has 9 heteroatoms. The zero-order valence-electron chi connectivity index (χ0n) is 34.1. The van der Waals surface area contributed by atoms with E-state index < -0.39 is 42.8 Å². The van der Waals surface area contributed by atoms with Gasteiger partial charge in [0.15, 0.2) is 12.4 Å². The van der Waals surface area contributed by atoms with Gasteiger partial charge in [-0.05, 0) is 51.4 Å². The van der Waals surface area contributed by atoms with E-state index in [1.807, 2.05) is 0 Å². The molecule has 9 nitrogen and oxygen atoms in total. The fraction of sp³-hybridized carbons (Fsp3) is 0.864. The molecule has 1 heterocycles. The van der Waals surface area contributed by atoms with E-state index in [1.165, 1.54) is 89.9 Å². The van der Waals surface area contributed by atoms with Crippen LogP contribution in [0.2, 0.25) is 0 Å². The minimum Gasteiger partial charge on any atom is -0.462 e. The second-order valence-electron chi connectivity index (χ2n) is 15.0. The number of allylic oxidation sites excluding steroid dienone is 4. The van der Waals surface area contributed by atoms with Gasteiger partial charge in [0.1, 0.15) is 24.9 Å². The lowest BCUT2D eigenvalue weighted by Gasteiger charge is -2.40. The second-order valence-corrected chi connectivity index (χ2v) is 15.0. The first kappa shape index (κ1) is 49.2. The minimum absolute atomic E-state index is 0.170. The van der Waals surface area contributed by atoms with Crippen LogP contribution < -0.4 is 0 Å². The van der Waals surface area contributed by atoms with E-state index in [-0.39, 0.29) is 25.6 Å². The van der Waals surface area contributed by atoms with Crippen LogP contribution in [0.3, 0.4) is 0 Å². The monoisotopic (exact) mass is 753 g/mol. The molecule has 53 heavy (non-hydrogen) atoms. The SMILES string of the molecule is CCCCC/C=C\C/C=C\CCCCCCCC(=O)OC(COC(=O)CCCCCCCCCCCCCCC)COC1OC(CC)C(O)C(O)C1O. The first-order valence-corrected chi connectivity index (χ1v) is 21.8. The van der Waals surface area contributed by atoms with Gasteiger partial charge < -0.3 is 34.3 Å². The number of carbonyl (C=O) groups is 2. The van der Waals surface area contributed by atoms with Gasteiger partial charge in [0.2, 0.25) is 0 Å².